The van der Waals surface area contributed by atoms with Crippen molar-refractivity contribution in [3.8, 4) is 11.8 Å². The fourth-order valence-electron chi connectivity index (χ4n) is 3.57. The van der Waals surface area contributed by atoms with Crippen LogP contribution in [0.5, 0.6) is 11.8 Å². The number of hydrogen-bond donors (Lipinski definition) is 1. The molecule has 0 unspecified atom stereocenters. The molecule has 0 aliphatic carbocycles. The van der Waals surface area contributed by atoms with Crippen LogP contribution in [-0.4, -0.2) is 91.6 Å². The quantitative estimate of drug-likeness (QED) is 0.808. The molecule has 0 aromatic carbocycles. The van der Waals surface area contributed by atoms with Crippen LogP contribution in [0.2, 0.25) is 0 Å². The lowest BCUT2D eigenvalue weighted by Gasteiger charge is -2.34. The Kier molecular flexibility index (Phi) is 5.95. The van der Waals surface area contributed by atoms with E-state index in [1.165, 1.54) is 14.2 Å². The SMILES string of the molecule is COc1ccc(C(=O)N2CCOC[C@](O)(CN3CCCC3)C2)c(OC)n1. The maximum Gasteiger partial charge on any atom is 0.259 e. The normalized spacial score (nSPS) is 24.3. The van der Waals surface area contributed by atoms with Crippen molar-refractivity contribution in [3.05, 3.63) is 17.7 Å². The minimum atomic E-state index is -1.08. The van der Waals surface area contributed by atoms with Crippen LogP contribution in [-0.2, 0) is 4.74 Å². The Morgan fingerprint density at radius 1 is 1.27 bits per heavy atom. The highest BCUT2D eigenvalue weighted by Crippen LogP contribution is 2.24. The lowest BCUT2D eigenvalue weighted by molar-refractivity contribution is -0.0524. The molecule has 2 aliphatic heterocycles. The number of hydrogen-bond acceptors (Lipinski definition) is 7. The van der Waals surface area contributed by atoms with Crippen LogP contribution in [0.25, 0.3) is 0 Å². The largest absolute Gasteiger partial charge is 0.481 e. The summed E-state index contributed by atoms with van der Waals surface area (Å²) in [6, 6.07) is 3.26. The fourth-order valence-corrected chi connectivity index (χ4v) is 3.57. The van der Waals surface area contributed by atoms with Crippen molar-refractivity contribution < 1.29 is 24.1 Å². The van der Waals surface area contributed by atoms with Gasteiger partial charge in [-0.2, -0.15) is 4.98 Å². The van der Waals surface area contributed by atoms with Crippen molar-refractivity contribution >= 4 is 5.91 Å². The first-order valence-electron chi connectivity index (χ1n) is 8.95. The number of aromatic nitrogens is 1. The van der Waals surface area contributed by atoms with Gasteiger partial charge < -0.3 is 29.1 Å². The Labute approximate surface area is 153 Å². The average molecular weight is 365 g/mol. The Balaban J connectivity index is 1.77. The van der Waals surface area contributed by atoms with Crippen LogP contribution in [0, 0.1) is 0 Å². The minimum absolute atomic E-state index is 0.211. The van der Waals surface area contributed by atoms with Gasteiger partial charge in [0.1, 0.15) is 11.2 Å². The van der Waals surface area contributed by atoms with E-state index in [9.17, 15) is 9.90 Å². The Morgan fingerprint density at radius 2 is 2.04 bits per heavy atom. The molecule has 1 atom stereocenters. The van der Waals surface area contributed by atoms with E-state index in [1.807, 2.05) is 0 Å². The standard InChI is InChI=1S/C18H27N3O5/c1-24-15-6-5-14(16(19-15)25-2)17(22)21-9-10-26-13-18(23,12-21)11-20-7-3-4-8-20/h5-6,23H,3-4,7-13H2,1-2H3/t18-/m0/s1. The highest BCUT2D eigenvalue weighted by Gasteiger charge is 2.37. The summed E-state index contributed by atoms with van der Waals surface area (Å²) in [5.74, 6) is 0.355. The smallest absolute Gasteiger partial charge is 0.259 e. The second-order valence-electron chi connectivity index (χ2n) is 6.90. The number of amides is 1. The minimum Gasteiger partial charge on any atom is -0.481 e. The van der Waals surface area contributed by atoms with Gasteiger partial charge in [0.2, 0.25) is 11.8 Å². The van der Waals surface area contributed by atoms with E-state index < -0.39 is 5.60 Å². The first kappa shape index (κ1) is 18.9. The molecule has 0 spiro atoms. The molecule has 8 nitrogen and oxygen atoms in total. The van der Waals surface area contributed by atoms with E-state index in [1.54, 1.807) is 17.0 Å². The zero-order chi connectivity index (χ0) is 18.6. The number of ether oxygens (including phenoxy) is 3. The van der Waals surface area contributed by atoms with E-state index in [0.717, 1.165) is 25.9 Å². The number of aliphatic hydroxyl groups is 1. The molecular formula is C18H27N3O5. The molecule has 26 heavy (non-hydrogen) atoms. The van der Waals surface area contributed by atoms with E-state index >= 15 is 0 Å². The zero-order valence-corrected chi connectivity index (χ0v) is 15.4. The molecule has 1 aromatic heterocycles. The predicted octanol–water partition coefficient (Wildman–Crippen LogP) is 0.398. The van der Waals surface area contributed by atoms with Crippen molar-refractivity contribution in [2.24, 2.45) is 0 Å². The summed E-state index contributed by atoms with van der Waals surface area (Å²) in [7, 11) is 2.97. The van der Waals surface area contributed by atoms with Gasteiger partial charge in [-0.3, -0.25) is 4.79 Å². The number of methoxy groups -OCH3 is 2. The predicted molar refractivity (Wildman–Crippen MR) is 94.7 cm³/mol. The van der Waals surface area contributed by atoms with Crippen molar-refractivity contribution in [2.75, 3.05) is 60.2 Å². The van der Waals surface area contributed by atoms with Crippen molar-refractivity contribution in [2.45, 2.75) is 18.4 Å². The number of pyridine rings is 1. The number of carbonyl (C=O) groups is 1. The Morgan fingerprint density at radius 3 is 2.73 bits per heavy atom. The van der Waals surface area contributed by atoms with Gasteiger partial charge >= 0.3 is 0 Å². The molecule has 2 saturated heterocycles. The molecule has 3 heterocycles. The van der Waals surface area contributed by atoms with Crippen LogP contribution in [0.15, 0.2) is 12.1 Å². The third-order valence-electron chi connectivity index (χ3n) is 4.83. The van der Waals surface area contributed by atoms with Crippen LogP contribution in [0.1, 0.15) is 23.2 Å². The lowest BCUT2D eigenvalue weighted by Crippen LogP contribution is -2.53. The van der Waals surface area contributed by atoms with Gasteiger partial charge in [0.05, 0.1) is 34.0 Å². The van der Waals surface area contributed by atoms with E-state index in [0.29, 0.717) is 31.1 Å². The van der Waals surface area contributed by atoms with Gasteiger partial charge in [0.15, 0.2) is 0 Å². The third-order valence-corrected chi connectivity index (χ3v) is 4.83. The van der Waals surface area contributed by atoms with Gasteiger partial charge in [-0.15, -0.1) is 0 Å². The molecule has 0 saturated carbocycles. The highest BCUT2D eigenvalue weighted by atomic mass is 16.5. The molecule has 2 aliphatic rings. The summed E-state index contributed by atoms with van der Waals surface area (Å²) >= 11 is 0. The Bertz CT molecular complexity index is 635. The number of β-amino-alcohol motifs (C(OH)–C–C–N with tert-alkyl or cyclic N) is 1. The summed E-state index contributed by atoms with van der Waals surface area (Å²) in [6.07, 6.45) is 2.29. The molecule has 1 aromatic rings. The van der Waals surface area contributed by atoms with Crippen molar-refractivity contribution in [1.82, 2.24) is 14.8 Å². The van der Waals surface area contributed by atoms with Gasteiger partial charge in [-0.1, -0.05) is 0 Å². The summed E-state index contributed by atoms with van der Waals surface area (Å²) < 4.78 is 15.9. The molecule has 3 rings (SSSR count). The average Bonchev–Trinajstić information content (AvgIpc) is 3.07. The number of carbonyl (C=O) groups excluding carboxylic acids is 1. The zero-order valence-electron chi connectivity index (χ0n) is 15.4. The van der Waals surface area contributed by atoms with E-state index in [-0.39, 0.29) is 24.9 Å². The molecule has 0 bridgehead atoms. The molecule has 1 amide bonds. The van der Waals surface area contributed by atoms with Crippen LogP contribution < -0.4 is 9.47 Å². The fraction of sp³-hybridized carbons (Fsp3) is 0.667. The molecule has 2 fully saturated rings. The highest BCUT2D eigenvalue weighted by molar-refractivity contribution is 5.96. The monoisotopic (exact) mass is 365 g/mol. The Hall–Kier alpha value is -1.90. The second-order valence-corrected chi connectivity index (χ2v) is 6.90. The third kappa shape index (κ3) is 4.25. The number of nitrogens with zero attached hydrogens (tertiary/aromatic N) is 3. The summed E-state index contributed by atoms with van der Waals surface area (Å²) in [5, 5.41) is 11.1. The maximum absolute atomic E-state index is 13.0. The second kappa shape index (κ2) is 8.20. The van der Waals surface area contributed by atoms with Gasteiger partial charge in [-0.25, -0.2) is 0 Å². The van der Waals surface area contributed by atoms with Crippen LogP contribution >= 0.6 is 0 Å². The molecule has 8 heteroatoms. The van der Waals surface area contributed by atoms with Gasteiger partial charge in [0.25, 0.3) is 5.91 Å². The summed E-state index contributed by atoms with van der Waals surface area (Å²) in [6.45, 7) is 3.72. The molecular weight excluding hydrogens is 338 g/mol. The van der Waals surface area contributed by atoms with E-state index in [4.69, 9.17) is 14.2 Å². The number of likely N-dealkylation sites (tertiary alicyclic amines) is 1. The van der Waals surface area contributed by atoms with Gasteiger partial charge in [-0.05, 0) is 32.0 Å². The topological polar surface area (TPSA) is 84.4 Å². The maximum atomic E-state index is 13.0. The molecule has 1 N–H and O–H groups in total. The summed E-state index contributed by atoms with van der Waals surface area (Å²) in [5.41, 5.74) is -0.734. The van der Waals surface area contributed by atoms with Crippen LogP contribution in [0.3, 0.4) is 0 Å². The van der Waals surface area contributed by atoms with Crippen molar-refractivity contribution in [3.63, 3.8) is 0 Å². The first-order valence-corrected chi connectivity index (χ1v) is 8.95. The van der Waals surface area contributed by atoms with Crippen molar-refractivity contribution in [1.29, 1.82) is 0 Å². The molecule has 144 valence electrons. The number of rotatable bonds is 5. The van der Waals surface area contributed by atoms with Crippen LogP contribution in [0.4, 0.5) is 0 Å². The van der Waals surface area contributed by atoms with E-state index in [2.05, 4.69) is 9.88 Å². The molecule has 0 radical (unpaired) electrons. The first-order chi connectivity index (χ1) is 12.5. The summed E-state index contributed by atoms with van der Waals surface area (Å²) in [4.78, 5) is 21.1. The van der Waals surface area contributed by atoms with Gasteiger partial charge in [0, 0.05) is 19.2 Å². The lowest BCUT2D eigenvalue weighted by atomic mass is 10.0.